The van der Waals surface area contributed by atoms with Gasteiger partial charge in [0.1, 0.15) is 5.82 Å². The third kappa shape index (κ3) is 1.38. The van der Waals surface area contributed by atoms with Gasteiger partial charge in [-0.25, -0.2) is 4.39 Å². The molecular formula is C9H8FN. The van der Waals surface area contributed by atoms with E-state index in [0.29, 0.717) is 11.1 Å². The van der Waals surface area contributed by atoms with Crippen molar-refractivity contribution in [3.63, 3.8) is 0 Å². The lowest BCUT2D eigenvalue weighted by molar-refractivity contribution is 0.616. The first kappa shape index (κ1) is 7.74. The zero-order valence-electron chi connectivity index (χ0n) is 6.48. The number of halogens is 1. The Morgan fingerprint density at radius 1 is 1.36 bits per heavy atom. The van der Waals surface area contributed by atoms with E-state index in [2.05, 4.69) is 0 Å². The summed E-state index contributed by atoms with van der Waals surface area (Å²) in [5.41, 5.74) is 1.82. The highest BCUT2D eigenvalue weighted by atomic mass is 19.1. The summed E-state index contributed by atoms with van der Waals surface area (Å²) in [6.45, 7) is 3.49. The molecule has 56 valence electrons. The molecule has 0 amide bonds. The van der Waals surface area contributed by atoms with Crippen LogP contribution in [0.4, 0.5) is 4.39 Å². The Labute approximate surface area is 65.1 Å². The van der Waals surface area contributed by atoms with E-state index in [-0.39, 0.29) is 5.82 Å². The minimum absolute atomic E-state index is 0.304. The first-order valence-corrected chi connectivity index (χ1v) is 3.32. The van der Waals surface area contributed by atoms with Gasteiger partial charge >= 0.3 is 0 Å². The highest BCUT2D eigenvalue weighted by molar-refractivity contribution is 5.37. The summed E-state index contributed by atoms with van der Waals surface area (Å²) < 4.78 is 12.9. The minimum atomic E-state index is -0.304. The largest absolute Gasteiger partial charge is 0.207 e. The molecule has 0 aliphatic carbocycles. The zero-order chi connectivity index (χ0) is 8.43. The summed E-state index contributed by atoms with van der Waals surface area (Å²) in [6.07, 6.45) is 0. The van der Waals surface area contributed by atoms with Crippen molar-refractivity contribution in [3.8, 4) is 6.07 Å². The van der Waals surface area contributed by atoms with Crippen LogP contribution in [0.3, 0.4) is 0 Å². The third-order valence-electron chi connectivity index (χ3n) is 1.73. The van der Waals surface area contributed by atoms with Gasteiger partial charge in [0.2, 0.25) is 0 Å². The van der Waals surface area contributed by atoms with Gasteiger partial charge in [-0.05, 0) is 37.1 Å². The number of nitrogens with zero attached hydrogens (tertiary/aromatic N) is 1. The molecule has 0 aliphatic rings. The Morgan fingerprint density at radius 3 is 2.45 bits per heavy atom. The van der Waals surface area contributed by atoms with E-state index < -0.39 is 0 Å². The smallest absolute Gasteiger partial charge is 0.127 e. The molecule has 0 spiro atoms. The van der Waals surface area contributed by atoms with Crippen molar-refractivity contribution in [2.45, 2.75) is 13.8 Å². The average Bonchev–Trinajstić information content (AvgIpc) is 1.99. The summed E-state index contributed by atoms with van der Waals surface area (Å²) in [5.74, 6) is -0.304. The van der Waals surface area contributed by atoms with Gasteiger partial charge in [-0.3, -0.25) is 0 Å². The molecule has 0 saturated heterocycles. The predicted octanol–water partition coefficient (Wildman–Crippen LogP) is 2.31. The Kier molecular flexibility index (Phi) is 1.91. The molecule has 1 nitrogen and oxygen atoms in total. The van der Waals surface area contributed by atoms with E-state index in [9.17, 15) is 4.39 Å². The first-order chi connectivity index (χ1) is 5.15. The lowest BCUT2D eigenvalue weighted by atomic mass is 10.1. The van der Waals surface area contributed by atoms with Crippen molar-refractivity contribution >= 4 is 0 Å². The van der Waals surface area contributed by atoms with Crippen molar-refractivity contribution in [1.82, 2.24) is 0 Å². The normalized spacial score (nSPS) is 9.27. The molecule has 0 aliphatic heterocycles. The lowest BCUT2D eigenvalue weighted by Gasteiger charge is -2.00. The number of benzene rings is 1. The molecule has 11 heavy (non-hydrogen) atoms. The number of nitriles is 1. The zero-order valence-corrected chi connectivity index (χ0v) is 6.48. The predicted molar refractivity (Wildman–Crippen MR) is 40.6 cm³/mol. The van der Waals surface area contributed by atoms with Crippen LogP contribution in [0.15, 0.2) is 12.1 Å². The summed E-state index contributed by atoms with van der Waals surface area (Å²) >= 11 is 0. The molecule has 0 atom stereocenters. The number of rotatable bonds is 0. The van der Waals surface area contributed by atoms with Crippen LogP contribution in [0.2, 0.25) is 0 Å². The van der Waals surface area contributed by atoms with E-state index in [0.717, 1.165) is 5.56 Å². The maximum Gasteiger partial charge on any atom is 0.127 e. The highest BCUT2D eigenvalue weighted by Gasteiger charge is 2.01. The summed E-state index contributed by atoms with van der Waals surface area (Å²) in [5, 5.41) is 8.46. The van der Waals surface area contributed by atoms with Crippen LogP contribution in [0.25, 0.3) is 0 Å². The Hall–Kier alpha value is -1.36. The van der Waals surface area contributed by atoms with Crippen LogP contribution in [-0.4, -0.2) is 0 Å². The molecule has 0 radical (unpaired) electrons. The van der Waals surface area contributed by atoms with Crippen molar-refractivity contribution < 1.29 is 4.39 Å². The monoisotopic (exact) mass is 149 g/mol. The Balaban J connectivity index is 3.35. The fraction of sp³-hybridized carbons (Fsp3) is 0.222. The summed E-state index contributed by atoms with van der Waals surface area (Å²) in [7, 11) is 0. The number of hydrogen-bond acceptors (Lipinski definition) is 1. The van der Waals surface area contributed by atoms with Gasteiger partial charge in [-0.2, -0.15) is 5.26 Å². The molecule has 1 aromatic rings. The molecule has 0 aromatic heterocycles. The number of hydrogen-bond donors (Lipinski definition) is 0. The van der Waals surface area contributed by atoms with E-state index >= 15 is 0 Å². The van der Waals surface area contributed by atoms with E-state index in [1.165, 1.54) is 6.07 Å². The van der Waals surface area contributed by atoms with Gasteiger partial charge in [0.05, 0.1) is 11.6 Å². The third-order valence-corrected chi connectivity index (χ3v) is 1.73. The maximum absolute atomic E-state index is 12.9. The minimum Gasteiger partial charge on any atom is -0.207 e. The second-order valence-corrected chi connectivity index (χ2v) is 2.51. The molecule has 0 unspecified atom stereocenters. The lowest BCUT2D eigenvalue weighted by Crippen LogP contribution is -1.88. The first-order valence-electron chi connectivity index (χ1n) is 3.32. The average molecular weight is 149 g/mol. The van der Waals surface area contributed by atoms with Gasteiger partial charge in [-0.1, -0.05) is 0 Å². The van der Waals surface area contributed by atoms with E-state index in [1.54, 1.807) is 19.9 Å². The van der Waals surface area contributed by atoms with Crippen LogP contribution in [-0.2, 0) is 0 Å². The van der Waals surface area contributed by atoms with Crippen LogP contribution in [0.5, 0.6) is 0 Å². The molecule has 0 saturated carbocycles. The second kappa shape index (κ2) is 2.71. The highest BCUT2D eigenvalue weighted by Crippen LogP contribution is 2.13. The van der Waals surface area contributed by atoms with E-state index in [4.69, 9.17) is 5.26 Å². The molecule has 0 bridgehead atoms. The van der Waals surface area contributed by atoms with Crippen molar-refractivity contribution in [3.05, 3.63) is 34.6 Å². The molecule has 1 rings (SSSR count). The van der Waals surface area contributed by atoms with E-state index in [1.807, 2.05) is 6.07 Å². The second-order valence-electron chi connectivity index (χ2n) is 2.51. The number of aryl methyl sites for hydroxylation is 1. The quantitative estimate of drug-likeness (QED) is 0.555. The van der Waals surface area contributed by atoms with Crippen molar-refractivity contribution in [2.75, 3.05) is 0 Å². The van der Waals surface area contributed by atoms with Crippen LogP contribution in [0, 0.1) is 31.0 Å². The fourth-order valence-corrected chi connectivity index (χ4v) is 0.881. The Morgan fingerprint density at radius 2 is 2.00 bits per heavy atom. The van der Waals surface area contributed by atoms with Gasteiger partial charge in [0.25, 0.3) is 0 Å². The summed E-state index contributed by atoms with van der Waals surface area (Å²) in [6, 6.07) is 4.83. The molecule has 0 N–H and O–H groups in total. The molecular weight excluding hydrogens is 141 g/mol. The van der Waals surface area contributed by atoms with Gasteiger partial charge in [0, 0.05) is 0 Å². The standard InChI is InChI=1S/C9H8FN/c1-6-3-8(5-11)4-9(10)7(6)2/h3-4H,1-2H3. The fourth-order valence-electron chi connectivity index (χ4n) is 0.881. The van der Waals surface area contributed by atoms with Crippen molar-refractivity contribution in [1.29, 1.82) is 5.26 Å². The van der Waals surface area contributed by atoms with Crippen molar-refractivity contribution in [2.24, 2.45) is 0 Å². The summed E-state index contributed by atoms with van der Waals surface area (Å²) in [4.78, 5) is 0. The van der Waals surface area contributed by atoms with Crippen LogP contribution in [0.1, 0.15) is 16.7 Å². The van der Waals surface area contributed by atoms with Gasteiger partial charge in [0.15, 0.2) is 0 Å². The molecule has 0 fully saturated rings. The maximum atomic E-state index is 12.9. The van der Waals surface area contributed by atoms with Crippen LogP contribution < -0.4 is 0 Å². The SMILES string of the molecule is Cc1cc(C#N)cc(F)c1C. The molecule has 1 aromatic carbocycles. The van der Waals surface area contributed by atoms with Gasteiger partial charge < -0.3 is 0 Å². The Bertz CT molecular complexity index is 300. The molecule has 0 heterocycles. The van der Waals surface area contributed by atoms with Crippen LogP contribution >= 0.6 is 0 Å². The molecule has 2 heteroatoms. The van der Waals surface area contributed by atoms with Gasteiger partial charge in [-0.15, -0.1) is 0 Å². The topological polar surface area (TPSA) is 23.8 Å².